The molecular weight excluding hydrogens is 342 g/mol. The fourth-order valence-electron chi connectivity index (χ4n) is 2.29. The Balaban J connectivity index is 1.86. The maximum atomic E-state index is 12.6. The zero-order valence-corrected chi connectivity index (χ0v) is 13.5. The lowest BCUT2D eigenvalue weighted by Crippen LogP contribution is -2.47. The number of fused-ring (bicyclic) bond motifs is 1. The van der Waals surface area contributed by atoms with Crippen molar-refractivity contribution in [3.05, 3.63) is 32.4 Å². The van der Waals surface area contributed by atoms with E-state index in [4.69, 9.17) is 4.74 Å². The summed E-state index contributed by atoms with van der Waals surface area (Å²) in [6.07, 6.45) is 0.403. The number of hydrogen-bond acceptors (Lipinski definition) is 8. The van der Waals surface area contributed by atoms with Crippen LogP contribution in [0.3, 0.4) is 0 Å². The second kappa shape index (κ2) is 6.26. The lowest BCUT2D eigenvalue weighted by atomic mass is 10.4. The maximum absolute atomic E-state index is 12.6. The molecule has 0 spiro atoms. The summed E-state index contributed by atoms with van der Waals surface area (Å²) in [5, 5.41) is 11.7. The lowest BCUT2D eigenvalue weighted by molar-refractivity contribution is 0.200. The van der Waals surface area contributed by atoms with Crippen LogP contribution in [0.25, 0.3) is 0 Å². The number of rotatable bonds is 5. The van der Waals surface area contributed by atoms with Gasteiger partial charge in [0.05, 0.1) is 13.2 Å². The number of H-pyrrole nitrogens is 2. The van der Waals surface area contributed by atoms with Gasteiger partial charge in [0, 0.05) is 26.6 Å². The second-order valence-corrected chi connectivity index (χ2v) is 6.90. The number of methoxy groups -OCH3 is 1. The first-order chi connectivity index (χ1) is 11.4. The Labute approximate surface area is 135 Å². The van der Waals surface area contributed by atoms with Gasteiger partial charge in [-0.3, -0.25) is 19.3 Å². The summed E-state index contributed by atoms with van der Waals surface area (Å²) in [6.45, 7) is 0.274. The number of nitrogens with zero attached hydrogens (tertiary/aromatic N) is 5. The molecule has 0 unspecified atom stereocenters. The molecular formula is C11H15N7O5S. The largest absolute Gasteiger partial charge is 0.384 e. The van der Waals surface area contributed by atoms with E-state index < -0.39 is 21.1 Å². The molecule has 3 rings (SSSR count). The first-order valence-electron chi connectivity index (χ1n) is 7.02. The van der Waals surface area contributed by atoms with Crippen LogP contribution in [0.15, 0.2) is 14.7 Å². The molecule has 0 amide bonds. The minimum atomic E-state index is -3.94. The average Bonchev–Trinajstić information content (AvgIpc) is 3.06. The van der Waals surface area contributed by atoms with E-state index in [1.807, 2.05) is 0 Å². The standard InChI is InChI=1S/C11H15N7O5S/c1-23-5-2-7-12-11(16-13-7)24(21,22)17-3-4-18-8(6-17)14-15-9(19)10(18)20/h2-6H2,1H3,(H,15,19)(H,12,13,16). The predicted molar refractivity (Wildman–Crippen MR) is 78.7 cm³/mol. The summed E-state index contributed by atoms with van der Waals surface area (Å²) in [5.74, 6) is 0.552. The summed E-state index contributed by atoms with van der Waals surface area (Å²) in [4.78, 5) is 26.9. The Bertz CT molecular complexity index is 960. The van der Waals surface area contributed by atoms with Gasteiger partial charge in [0.25, 0.3) is 15.2 Å². The van der Waals surface area contributed by atoms with Crippen LogP contribution in [0.4, 0.5) is 0 Å². The van der Waals surface area contributed by atoms with E-state index in [1.54, 1.807) is 0 Å². The van der Waals surface area contributed by atoms with Crippen molar-refractivity contribution in [3.8, 4) is 0 Å². The Hall–Kier alpha value is -2.38. The molecule has 2 N–H and O–H groups in total. The van der Waals surface area contributed by atoms with Crippen LogP contribution in [-0.4, -0.2) is 62.9 Å². The first kappa shape index (κ1) is 16.5. The summed E-state index contributed by atoms with van der Waals surface area (Å²) in [6, 6.07) is 0. The molecule has 0 bridgehead atoms. The Morgan fingerprint density at radius 1 is 1.21 bits per heavy atom. The van der Waals surface area contributed by atoms with Crippen LogP contribution in [0.1, 0.15) is 11.6 Å². The van der Waals surface area contributed by atoms with Gasteiger partial charge in [0.1, 0.15) is 11.6 Å². The summed E-state index contributed by atoms with van der Waals surface area (Å²) in [7, 11) is -2.41. The van der Waals surface area contributed by atoms with Crippen molar-refractivity contribution in [2.45, 2.75) is 24.7 Å². The van der Waals surface area contributed by atoms with Gasteiger partial charge in [-0.15, -0.1) is 5.10 Å². The molecule has 0 fully saturated rings. The van der Waals surface area contributed by atoms with Crippen molar-refractivity contribution in [1.29, 1.82) is 0 Å². The van der Waals surface area contributed by atoms with Crippen LogP contribution in [0.5, 0.6) is 0 Å². The summed E-state index contributed by atoms with van der Waals surface area (Å²) in [5.41, 5.74) is -1.59. The number of nitrogens with one attached hydrogen (secondary N) is 2. The van der Waals surface area contributed by atoms with E-state index in [0.717, 1.165) is 8.87 Å². The molecule has 1 aliphatic heterocycles. The first-order valence-corrected chi connectivity index (χ1v) is 8.46. The van der Waals surface area contributed by atoms with Gasteiger partial charge >= 0.3 is 11.1 Å². The van der Waals surface area contributed by atoms with Crippen LogP contribution in [-0.2, 0) is 34.3 Å². The molecule has 0 saturated carbocycles. The molecule has 2 aromatic heterocycles. The lowest BCUT2D eigenvalue weighted by Gasteiger charge is -2.26. The third kappa shape index (κ3) is 2.88. The summed E-state index contributed by atoms with van der Waals surface area (Å²) >= 11 is 0. The van der Waals surface area contributed by atoms with Gasteiger partial charge in [-0.1, -0.05) is 0 Å². The molecule has 0 aromatic carbocycles. The van der Waals surface area contributed by atoms with E-state index in [1.165, 1.54) is 7.11 Å². The third-order valence-corrected chi connectivity index (χ3v) is 5.19. The smallest absolute Gasteiger partial charge is 0.330 e. The second-order valence-electron chi connectivity index (χ2n) is 5.07. The zero-order valence-electron chi connectivity index (χ0n) is 12.7. The molecule has 24 heavy (non-hydrogen) atoms. The molecule has 130 valence electrons. The van der Waals surface area contributed by atoms with Gasteiger partial charge in [0.15, 0.2) is 0 Å². The van der Waals surface area contributed by atoms with Gasteiger partial charge in [0.2, 0.25) is 0 Å². The predicted octanol–water partition coefficient (Wildman–Crippen LogP) is -2.56. The minimum Gasteiger partial charge on any atom is -0.384 e. The zero-order chi connectivity index (χ0) is 17.3. The topological polar surface area (TPSA) is 156 Å². The normalized spacial score (nSPS) is 15.4. The third-order valence-electron chi connectivity index (χ3n) is 3.55. The van der Waals surface area contributed by atoms with Crippen LogP contribution in [0.2, 0.25) is 0 Å². The monoisotopic (exact) mass is 357 g/mol. The highest BCUT2D eigenvalue weighted by Crippen LogP contribution is 2.16. The molecule has 13 heteroatoms. The Kier molecular flexibility index (Phi) is 4.29. The summed E-state index contributed by atoms with van der Waals surface area (Å²) < 4.78 is 32.4. The highest BCUT2D eigenvalue weighted by molar-refractivity contribution is 7.88. The number of ether oxygens (including phenoxy) is 1. The highest BCUT2D eigenvalue weighted by Gasteiger charge is 2.33. The quantitative estimate of drug-likeness (QED) is 0.554. The van der Waals surface area contributed by atoms with E-state index in [2.05, 4.69) is 25.4 Å². The van der Waals surface area contributed by atoms with Crippen molar-refractivity contribution in [1.82, 2.24) is 34.3 Å². The van der Waals surface area contributed by atoms with Crippen molar-refractivity contribution < 1.29 is 13.2 Å². The van der Waals surface area contributed by atoms with Crippen molar-refractivity contribution in [2.75, 3.05) is 20.3 Å². The molecule has 12 nitrogen and oxygen atoms in total. The number of hydrogen-bond donors (Lipinski definition) is 2. The van der Waals surface area contributed by atoms with Crippen LogP contribution >= 0.6 is 0 Å². The Morgan fingerprint density at radius 3 is 2.75 bits per heavy atom. The van der Waals surface area contributed by atoms with Gasteiger partial charge < -0.3 is 4.74 Å². The van der Waals surface area contributed by atoms with Crippen LogP contribution < -0.4 is 11.1 Å². The average molecular weight is 357 g/mol. The molecule has 0 saturated heterocycles. The fourth-order valence-corrected chi connectivity index (χ4v) is 3.51. The Morgan fingerprint density at radius 2 is 2.00 bits per heavy atom. The molecule has 0 radical (unpaired) electrons. The van der Waals surface area contributed by atoms with Crippen LogP contribution in [0, 0.1) is 0 Å². The molecule has 1 aliphatic rings. The van der Waals surface area contributed by atoms with E-state index in [0.29, 0.717) is 18.9 Å². The van der Waals surface area contributed by atoms with Gasteiger partial charge in [-0.25, -0.2) is 18.5 Å². The van der Waals surface area contributed by atoms with Crippen molar-refractivity contribution in [3.63, 3.8) is 0 Å². The maximum Gasteiger partial charge on any atom is 0.330 e. The number of aromatic amines is 2. The van der Waals surface area contributed by atoms with E-state index >= 15 is 0 Å². The molecule has 2 aromatic rings. The van der Waals surface area contributed by atoms with Crippen molar-refractivity contribution in [2.24, 2.45) is 0 Å². The van der Waals surface area contributed by atoms with E-state index in [-0.39, 0.29) is 30.6 Å². The molecule has 0 aliphatic carbocycles. The fraction of sp³-hybridized carbons (Fsp3) is 0.545. The number of aromatic nitrogens is 6. The SMILES string of the molecule is COCCc1nc(S(=O)(=O)N2CCn3c(n[nH]c(=O)c3=O)C2)n[nH]1. The molecule has 3 heterocycles. The van der Waals surface area contributed by atoms with E-state index in [9.17, 15) is 18.0 Å². The van der Waals surface area contributed by atoms with Crippen molar-refractivity contribution >= 4 is 10.0 Å². The van der Waals surface area contributed by atoms with Gasteiger partial charge in [-0.2, -0.15) is 9.40 Å². The van der Waals surface area contributed by atoms with Gasteiger partial charge in [-0.05, 0) is 0 Å². The molecule has 0 atom stereocenters. The highest BCUT2D eigenvalue weighted by atomic mass is 32.2. The number of sulfonamides is 1. The minimum absolute atomic E-state index is 0.0162.